The van der Waals surface area contributed by atoms with Crippen LogP contribution >= 0.6 is 0 Å². The van der Waals surface area contributed by atoms with Gasteiger partial charge >= 0.3 is 12.6 Å². The van der Waals surface area contributed by atoms with E-state index in [1.807, 2.05) is 0 Å². The van der Waals surface area contributed by atoms with Gasteiger partial charge in [-0.25, -0.2) is 0 Å². The second-order valence-corrected chi connectivity index (χ2v) is 7.68. The van der Waals surface area contributed by atoms with E-state index in [1.165, 1.54) is 55.8 Å². The Morgan fingerprint density at radius 1 is 1.06 bits per heavy atom. The number of carbonyl (C=O) groups excluding carboxylic acids is 1. The van der Waals surface area contributed by atoms with Crippen LogP contribution in [0.2, 0.25) is 0 Å². The highest BCUT2D eigenvalue weighted by Crippen LogP contribution is 2.40. The van der Waals surface area contributed by atoms with Crippen LogP contribution in [0.3, 0.4) is 0 Å². The van der Waals surface area contributed by atoms with Crippen molar-refractivity contribution in [1.82, 2.24) is 0 Å². The molecule has 0 saturated carbocycles. The number of aromatic hydroxyl groups is 2. The van der Waals surface area contributed by atoms with Crippen LogP contribution in [0.5, 0.6) is 17.2 Å². The molecule has 0 bridgehead atoms. The van der Waals surface area contributed by atoms with E-state index in [0.29, 0.717) is 11.1 Å². The largest absolute Gasteiger partial charge is 0.508 e. The van der Waals surface area contributed by atoms with E-state index < -0.39 is 23.9 Å². The van der Waals surface area contributed by atoms with Crippen molar-refractivity contribution in [3.63, 3.8) is 0 Å². The van der Waals surface area contributed by atoms with Crippen LogP contribution in [0, 0.1) is 0 Å². The number of phenolic OH excluding ortho intramolecular Hbond substituents is 2. The number of rotatable bonds is 7. The van der Waals surface area contributed by atoms with Crippen molar-refractivity contribution in [3.05, 3.63) is 88.3 Å². The van der Waals surface area contributed by atoms with Crippen LogP contribution in [0.1, 0.15) is 23.5 Å². The highest BCUT2D eigenvalue weighted by molar-refractivity contribution is 5.87. The Morgan fingerprint density at radius 2 is 1.80 bits per heavy atom. The smallest absolute Gasteiger partial charge is 0.387 e. The number of alkyl halides is 2. The van der Waals surface area contributed by atoms with Crippen molar-refractivity contribution >= 4 is 16.9 Å². The molecule has 1 aromatic heterocycles. The fraction of sp³-hybridized carbons (Fsp3) is 0.154. The second kappa shape index (κ2) is 9.84. The summed E-state index contributed by atoms with van der Waals surface area (Å²) in [5.74, 6) is -1.89. The first-order valence-electron chi connectivity index (χ1n) is 10.5. The number of ether oxygens (including phenoxy) is 2. The van der Waals surface area contributed by atoms with Crippen LogP contribution in [-0.4, -0.2) is 29.9 Å². The summed E-state index contributed by atoms with van der Waals surface area (Å²) >= 11 is 0. The third-order valence-corrected chi connectivity index (χ3v) is 5.57. The van der Waals surface area contributed by atoms with E-state index in [1.54, 1.807) is 18.2 Å². The quantitative estimate of drug-likeness (QED) is 0.350. The zero-order chi connectivity index (χ0) is 25.1. The topological polar surface area (TPSA) is 106 Å². The lowest BCUT2D eigenvalue weighted by Crippen LogP contribution is -2.13. The molecule has 0 unspecified atom stereocenters. The van der Waals surface area contributed by atoms with E-state index in [9.17, 15) is 28.6 Å². The standard InChI is InChI=1S/C26H20F2O7/c1-33-22(31)12-19(15-3-2-4-17(11-15)35-26(27)28)23-21(30)10-9-18-24(32)20(13-34-25(18)23)14-5-7-16(29)8-6-14/h2-11,13,19,26,29-30H,12H2,1H3/t19-/m1/s1. The molecule has 2 N–H and O–H groups in total. The lowest BCUT2D eigenvalue weighted by Gasteiger charge is -2.20. The first-order chi connectivity index (χ1) is 16.8. The molecule has 9 heteroatoms. The molecule has 0 aliphatic heterocycles. The van der Waals surface area contributed by atoms with Crippen molar-refractivity contribution < 1.29 is 37.7 Å². The van der Waals surface area contributed by atoms with Crippen molar-refractivity contribution in [2.24, 2.45) is 0 Å². The minimum atomic E-state index is -3.05. The molecule has 35 heavy (non-hydrogen) atoms. The van der Waals surface area contributed by atoms with Gasteiger partial charge in [-0.15, -0.1) is 0 Å². The predicted octanol–water partition coefficient (Wildman–Crippen LogP) is 5.17. The molecule has 180 valence electrons. The number of esters is 1. The number of phenols is 2. The Bertz CT molecular complexity index is 1430. The minimum Gasteiger partial charge on any atom is -0.508 e. The van der Waals surface area contributed by atoms with Gasteiger partial charge in [0.25, 0.3) is 0 Å². The van der Waals surface area contributed by atoms with Gasteiger partial charge in [0.2, 0.25) is 5.43 Å². The Kier molecular flexibility index (Phi) is 6.68. The number of methoxy groups -OCH3 is 1. The van der Waals surface area contributed by atoms with Crippen molar-refractivity contribution in [2.75, 3.05) is 7.11 Å². The SMILES string of the molecule is COC(=O)C[C@H](c1cccc(OC(F)F)c1)c1c(O)ccc2c(=O)c(-c3ccc(O)cc3)coc12. The van der Waals surface area contributed by atoms with Crippen LogP contribution in [0.4, 0.5) is 8.78 Å². The number of halogens is 2. The lowest BCUT2D eigenvalue weighted by molar-refractivity contribution is -0.140. The van der Waals surface area contributed by atoms with E-state index in [0.717, 1.165) is 0 Å². The number of hydrogen-bond acceptors (Lipinski definition) is 7. The first-order valence-corrected chi connectivity index (χ1v) is 10.5. The van der Waals surface area contributed by atoms with E-state index in [4.69, 9.17) is 9.15 Å². The van der Waals surface area contributed by atoms with E-state index in [-0.39, 0.29) is 45.8 Å². The molecule has 3 aromatic carbocycles. The van der Waals surface area contributed by atoms with E-state index in [2.05, 4.69) is 4.74 Å². The van der Waals surface area contributed by atoms with Crippen LogP contribution in [0.25, 0.3) is 22.1 Å². The van der Waals surface area contributed by atoms with Gasteiger partial charge in [-0.3, -0.25) is 9.59 Å². The summed E-state index contributed by atoms with van der Waals surface area (Å²) in [5, 5.41) is 20.4. The average molecular weight is 482 g/mol. The molecule has 7 nitrogen and oxygen atoms in total. The van der Waals surface area contributed by atoms with Gasteiger partial charge in [-0.05, 0) is 47.5 Å². The molecule has 4 rings (SSSR count). The average Bonchev–Trinajstić information content (AvgIpc) is 2.83. The minimum absolute atomic E-state index is 0.0339. The molecule has 0 aliphatic rings. The summed E-state index contributed by atoms with van der Waals surface area (Å²) < 4.78 is 40.6. The summed E-state index contributed by atoms with van der Waals surface area (Å²) in [5.41, 5.74) is 0.858. The van der Waals surface area contributed by atoms with Crippen LogP contribution < -0.4 is 10.2 Å². The maximum absolute atomic E-state index is 13.3. The zero-order valence-corrected chi connectivity index (χ0v) is 18.4. The molecular formula is C26H20F2O7. The third-order valence-electron chi connectivity index (χ3n) is 5.57. The van der Waals surface area contributed by atoms with Crippen LogP contribution in [-0.2, 0) is 9.53 Å². The van der Waals surface area contributed by atoms with Crippen molar-refractivity contribution in [2.45, 2.75) is 19.0 Å². The second-order valence-electron chi connectivity index (χ2n) is 7.68. The Labute approximate surface area is 197 Å². The molecule has 0 amide bonds. The summed E-state index contributed by atoms with van der Waals surface area (Å²) in [6, 6.07) is 14.4. The third kappa shape index (κ3) is 4.93. The summed E-state index contributed by atoms with van der Waals surface area (Å²) in [6.07, 6.45) is 0.955. The Hall–Kier alpha value is -4.40. The summed E-state index contributed by atoms with van der Waals surface area (Å²) in [4.78, 5) is 25.5. The van der Waals surface area contributed by atoms with Crippen molar-refractivity contribution in [1.29, 1.82) is 0 Å². The molecule has 0 radical (unpaired) electrons. The van der Waals surface area contributed by atoms with Gasteiger partial charge < -0.3 is 24.1 Å². The van der Waals surface area contributed by atoms with Crippen molar-refractivity contribution in [3.8, 4) is 28.4 Å². The molecule has 0 saturated heterocycles. The molecule has 1 atom stereocenters. The molecule has 1 heterocycles. The molecule has 0 aliphatic carbocycles. The normalized spacial score (nSPS) is 12.0. The maximum atomic E-state index is 13.3. The van der Waals surface area contributed by atoms with Gasteiger partial charge in [0.1, 0.15) is 29.1 Å². The fourth-order valence-corrected chi connectivity index (χ4v) is 3.93. The first kappa shape index (κ1) is 23.7. The van der Waals surface area contributed by atoms with Gasteiger partial charge in [-0.1, -0.05) is 24.3 Å². The zero-order valence-electron chi connectivity index (χ0n) is 18.4. The van der Waals surface area contributed by atoms with Gasteiger partial charge in [0.05, 0.1) is 24.5 Å². The fourth-order valence-electron chi connectivity index (χ4n) is 3.93. The summed E-state index contributed by atoms with van der Waals surface area (Å²) in [6.45, 7) is -3.05. The van der Waals surface area contributed by atoms with Gasteiger partial charge in [0.15, 0.2) is 0 Å². The number of benzene rings is 3. The monoisotopic (exact) mass is 482 g/mol. The Balaban J connectivity index is 1.91. The number of fused-ring (bicyclic) bond motifs is 1. The molecule has 4 aromatic rings. The highest BCUT2D eigenvalue weighted by atomic mass is 19.3. The molecule has 0 spiro atoms. The van der Waals surface area contributed by atoms with E-state index >= 15 is 0 Å². The number of hydrogen-bond donors (Lipinski definition) is 2. The lowest BCUT2D eigenvalue weighted by atomic mass is 9.86. The summed E-state index contributed by atoms with van der Waals surface area (Å²) in [7, 11) is 1.20. The number of carbonyl (C=O) groups is 1. The molecular weight excluding hydrogens is 462 g/mol. The highest BCUT2D eigenvalue weighted by Gasteiger charge is 2.27. The van der Waals surface area contributed by atoms with Gasteiger partial charge in [-0.2, -0.15) is 8.78 Å². The van der Waals surface area contributed by atoms with Crippen LogP contribution in [0.15, 0.2) is 76.1 Å². The van der Waals surface area contributed by atoms with Gasteiger partial charge in [0, 0.05) is 11.5 Å². The molecule has 0 fully saturated rings. The predicted molar refractivity (Wildman–Crippen MR) is 123 cm³/mol. The Morgan fingerprint density at radius 3 is 2.49 bits per heavy atom. The maximum Gasteiger partial charge on any atom is 0.387 e.